The average molecular weight is 516 g/mol. The number of hydrogen-bond acceptors (Lipinski definition) is 8. The van der Waals surface area contributed by atoms with Gasteiger partial charge in [0, 0.05) is 35.5 Å². The van der Waals surface area contributed by atoms with Crippen LogP contribution in [0.25, 0.3) is 38.6 Å². The third-order valence-corrected chi connectivity index (χ3v) is 6.57. The highest BCUT2D eigenvalue weighted by Gasteiger charge is 2.20. The lowest BCUT2D eigenvalue weighted by Gasteiger charge is -2.22. The monoisotopic (exact) mass is 515 g/mol. The molecule has 192 valence electrons. The molecule has 2 aromatic carbocycles. The minimum atomic E-state index is -0.296. The van der Waals surface area contributed by atoms with E-state index in [0.717, 1.165) is 33.4 Å². The van der Waals surface area contributed by atoms with Gasteiger partial charge in [0.2, 0.25) is 0 Å². The van der Waals surface area contributed by atoms with Crippen molar-refractivity contribution in [1.29, 1.82) is 0 Å². The molecule has 6 rings (SSSR count). The molecule has 0 saturated heterocycles. The van der Waals surface area contributed by atoms with Crippen molar-refractivity contribution in [2.24, 2.45) is 0 Å². The van der Waals surface area contributed by atoms with Crippen molar-refractivity contribution in [3.8, 4) is 22.8 Å². The summed E-state index contributed by atoms with van der Waals surface area (Å²) in [5, 5.41) is 4.89. The van der Waals surface area contributed by atoms with Crippen molar-refractivity contribution < 1.29 is 4.74 Å². The number of benzene rings is 2. The van der Waals surface area contributed by atoms with Crippen LogP contribution in [-0.2, 0) is 0 Å². The van der Waals surface area contributed by atoms with E-state index in [4.69, 9.17) is 4.74 Å². The molecule has 0 aliphatic heterocycles. The molecule has 6 aromatic rings. The fraction of sp³-hybridized carbons (Fsp3) is 0.133. The highest BCUT2D eigenvalue weighted by Crippen LogP contribution is 2.30. The maximum Gasteiger partial charge on any atom is 0.316 e. The minimum Gasteiger partial charge on any atom is -0.467 e. The van der Waals surface area contributed by atoms with Crippen molar-refractivity contribution in [2.45, 2.75) is 19.9 Å². The maximum atomic E-state index is 14.3. The summed E-state index contributed by atoms with van der Waals surface area (Å²) in [4.78, 5) is 36.4. The van der Waals surface area contributed by atoms with Gasteiger partial charge in [-0.3, -0.25) is 14.3 Å². The van der Waals surface area contributed by atoms with Gasteiger partial charge in [0.25, 0.3) is 5.56 Å². The van der Waals surface area contributed by atoms with Crippen LogP contribution in [0.4, 0.5) is 5.82 Å². The molecule has 1 N–H and O–H groups in total. The average Bonchev–Trinajstić information content (AvgIpc) is 2.97. The van der Waals surface area contributed by atoms with Gasteiger partial charge >= 0.3 is 6.01 Å². The van der Waals surface area contributed by atoms with Gasteiger partial charge in [-0.05, 0) is 55.1 Å². The van der Waals surface area contributed by atoms with Crippen LogP contribution in [0.15, 0.2) is 90.1 Å². The third-order valence-electron chi connectivity index (χ3n) is 6.57. The molecule has 9 heteroatoms. The number of aromatic nitrogens is 6. The molecular formula is C30H25N7O2. The van der Waals surface area contributed by atoms with Crippen molar-refractivity contribution in [2.75, 3.05) is 12.4 Å². The first-order chi connectivity index (χ1) is 19.0. The Hall–Kier alpha value is -5.18. The molecule has 4 heterocycles. The SMILES string of the molecule is COc1ncc(-c2cccc3cc([C@H](C)Nc4nc(C)nc5cccnc45)n(-c4ccccc4)c(=O)c23)cn1. The Bertz CT molecular complexity index is 1870. The molecule has 0 saturated carbocycles. The fourth-order valence-electron chi connectivity index (χ4n) is 4.81. The number of anilines is 1. The van der Waals surface area contributed by atoms with E-state index in [-0.39, 0.29) is 17.6 Å². The van der Waals surface area contributed by atoms with Crippen LogP contribution in [0, 0.1) is 6.92 Å². The summed E-state index contributed by atoms with van der Waals surface area (Å²) in [6, 6.07) is 21.2. The Labute approximate surface area is 224 Å². The van der Waals surface area contributed by atoms with E-state index in [1.54, 1.807) is 23.2 Å². The molecule has 0 radical (unpaired) electrons. The molecule has 0 amide bonds. The van der Waals surface area contributed by atoms with E-state index >= 15 is 0 Å². The lowest BCUT2D eigenvalue weighted by molar-refractivity contribution is 0.380. The van der Waals surface area contributed by atoms with Crippen LogP contribution in [-0.4, -0.2) is 36.6 Å². The zero-order valence-corrected chi connectivity index (χ0v) is 21.7. The van der Waals surface area contributed by atoms with Crippen molar-refractivity contribution in [3.05, 3.63) is 107 Å². The Balaban J connectivity index is 1.55. The molecule has 0 spiro atoms. The second kappa shape index (κ2) is 9.94. The van der Waals surface area contributed by atoms with Crippen LogP contribution >= 0.6 is 0 Å². The summed E-state index contributed by atoms with van der Waals surface area (Å²) >= 11 is 0. The molecule has 0 fully saturated rings. The smallest absolute Gasteiger partial charge is 0.316 e. The number of para-hydroxylation sites is 1. The fourth-order valence-corrected chi connectivity index (χ4v) is 4.81. The third kappa shape index (κ3) is 4.44. The first-order valence-corrected chi connectivity index (χ1v) is 12.5. The van der Waals surface area contributed by atoms with Gasteiger partial charge in [0.1, 0.15) is 11.3 Å². The molecule has 0 unspecified atom stereocenters. The number of ether oxygens (including phenoxy) is 1. The number of fused-ring (bicyclic) bond motifs is 2. The Kier molecular flexibility index (Phi) is 6.16. The highest BCUT2D eigenvalue weighted by atomic mass is 16.5. The minimum absolute atomic E-state index is 0.143. The number of rotatable bonds is 6. The molecular weight excluding hydrogens is 490 g/mol. The van der Waals surface area contributed by atoms with Gasteiger partial charge in [-0.2, -0.15) is 0 Å². The van der Waals surface area contributed by atoms with E-state index in [9.17, 15) is 4.79 Å². The van der Waals surface area contributed by atoms with Gasteiger partial charge in [0.15, 0.2) is 5.82 Å². The van der Waals surface area contributed by atoms with Gasteiger partial charge < -0.3 is 10.1 Å². The summed E-state index contributed by atoms with van der Waals surface area (Å²) in [6.07, 6.45) is 5.05. The molecule has 4 aromatic heterocycles. The number of methoxy groups -OCH3 is 1. The lowest BCUT2D eigenvalue weighted by atomic mass is 9.99. The van der Waals surface area contributed by atoms with Crippen LogP contribution < -0.4 is 15.6 Å². The largest absolute Gasteiger partial charge is 0.467 e. The van der Waals surface area contributed by atoms with Crippen LogP contribution in [0.1, 0.15) is 24.5 Å². The number of aryl methyl sites for hydroxylation is 1. The summed E-state index contributed by atoms with van der Waals surface area (Å²) in [6.45, 7) is 3.86. The normalized spacial score (nSPS) is 12.0. The Morgan fingerprint density at radius 2 is 1.72 bits per heavy atom. The maximum absolute atomic E-state index is 14.3. The number of hydrogen-bond donors (Lipinski definition) is 1. The zero-order valence-electron chi connectivity index (χ0n) is 21.7. The molecule has 0 bridgehead atoms. The lowest BCUT2D eigenvalue weighted by Crippen LogP contribution is -2.26. The van der Waals surface area contributed by atoms with Gasteiger partial charge in [0.05, 0.1) is 24.1 Å². The van der Waals surface area contributed by atoms with Gasteiger partial charge in [-0.15, -0.1) is 0 Å². The van der Waals surface area contributed by atoms with E-state index in [1.165, 1.54) is 7.11 Å². The molecule has 0 aliphatic carbocycles. The number of nitrogens with zero attached hydrogens (tertiary/aromatic N) is 6. The second-order valence-corrected chi connectivity index (χ2v) is 9.13. The molecule has 0 aliphatic rings. The predicted molar refractivity (Wildman–Crippen MR) is 151 cm³/mol. The zero-order chi connectivity index (χ0) is 26.9. The quantitative estimate of drug-likeness (QED) is 0.319. The molecule has 39 heavy (non-hydrogen) atoms. The summed E-state index contributed by atoms with van der Waals surface area (Å²) in [5.74, 6) is 1.25. The van der Waals surface area contributed by atoms with E-state index in [1.807, 2.05) is 80.6 Å². The van der Waals surface area contributed by atoms with E-state index < -0.39 is 0 Å². The van der Waals surface area contributed by atoms with Crippen molar-refractivity contribution >= 4 is 27.6 Å². The highest BCUT2D eigenvalue weighted by molar-refractivity contribution is 5.96. The topological polar surface area (TPSA) is 108 Å². The van der Waals surface area contributed by atoms with Crippen molar-refractivity contribution in [1.82, 2.24) is 29.5 Å². The molecule has 1 atom stereocenters. The Morgan fingerprint density at radius 3 is 2.49 bits per heavy atom. The second-order valence-electron chi connectivity index (χ2n) is 9.13. The van der Waals surface area contributed by atoms with Crippen LogP contribution in [0.3, 0.4) is 0 Å². The summed E-state index contributed by atoms with van der Waals surface area (Å²) in [7, 11) is 1.52. The van der Waals surface area contributed by atoms with Crippen molar-refractivity contribution in [3.63, 3.8) is 0 Å². The first kappa shape index (κ1) is 24.2. The summed E-state index contributed by atoms with van der Waals surface area (Å²) in [5.41, 5.74) is 4.30. The predicted octanol–water partition coefficient (Wildman–Crippen LogP) is 5.28. The number of nitrogens with one attached hydrogen (secondary N) is 1. The van der Waals surface area contributed by atoms with Crippen LogP contribution in [0.2, 0.25) is 0 Å². The van der Waals surface area contributed by atoms with Gasteiger partial charge in [-0.1, -0.05) is 36.4 Å². The summed E-state index contributed by atoms with van der Waals surface area (Å²) < 4.78 is 6.86. The number of pyridine rings is 2. The Morgan fingerprint density at radius 1 is 0.923 bits per heavy atom. The van der Waals surface area contributed by atoms with E-state index in [0.29, 0.717) is 22.5 Å². The molecule has 9 nitrogen and oxygen atoms in total. The standard InChI is InChI=1S/C30H25N7O2/c1-18(34-28-27-24(13-8-14-31-27)35-19(2)36-28)25-15-20-9-7-12-23(21-16-32-30(39-3)33-17-21)26(20)29(38)37(25)22-10-5-4-6-11-22/h4-18H,1-3H3,(H,34,35,36)/t18-/m0/s1. The van der Waals surface area contributed by atoms with Crippen LogP contribution in [0.5, 0.6) is 6.01 Å². The first-order valence-electron chi connectivity index (χ1n) is 12.5. The van der Waals surface area contributed by atoms with E-state index in [2.05, 4.69) is 30.2 Å². The van der Waals surface area contributed by atoms with Gasteiger partial charge in [-0.25, -0.2) is 19.9 Å².